The van der Waals surface area contributed by atoms with Gasteiger partial charge in [-0.15, -0.1) is 0 Å². The van der Waals surface area contributed by atoms with Gasteiger partial charge in [-0.1, -0.05) is 25.1 Å². The number of methoxy groups -OCH3 is 2. The highest BCUT2D eigenvalue weighted by Crippen LogP contribution is 2.37. The van der Waals surface area contributed by atoms with Crippen LogP contribution in [0.15, 0.2) is 42.5 Å². The van der Waals surface area contributed by atoms with E-state index in [0.29, 0.717) is 41.5 Å². The second-order valence-corrected chi connectivity index (χ2v) is 7.77. The highest BCUT2D eigenvalue weighted by molar-refractivity contribution is 5.99. The lowest BCUT2D eigenvalue weighted by Crippen LogP contribution is -2.23. The van der Waals surface area contributed by atoms with E-state index in [1.807, 2.05) is 37.3 Å². The van der Waals surface area contributed by atoms with Gasteiger partial charge >= 0.3 is 0 Å². The molecule has 0 radical (unpaired) electrons. The SMILES string of the molecule is CCc1ccc(Nc2nc(C)c3c(n2)C[C@@H](c2ccc(OC)c(OC)c2)CC3=O)cc1. The second-order valence-electron chi connectivity index (χ2n) is 7.77. The highest BCUT2D eigenvalue weighted by Gasteiger charge is 2.30. The Morgan fingerprint density at radius 1 is 1.00 bits per heavy atom. The molecule has 31 heavy (non-hydrogen) atoms. The van der Waals surface area contributed by atoms with E-state index in [0.717, 1.165) is 23.4 Å². The van der Waals surface area contributed by atoms with Gasteiger partial charge in [0.25, 0.3) is 0 Å². The van der Waals surface area contributed by atoms with Gasteiger partial charge in [-0.05, 0) is 61.1 Å². The third-order valence-corrected chi connectivity index (χ3v) is 5.81. The number of benzene rings is 2. The van der Waals surface area contributed by atoms with Crippen molar-refractivity contribution in [2.45, 2.75) is 39.0 Å². The molecular weight excluding hydrogens is 390 g/mol. The Morgan fingerprint density at radius 2 is 1.74 bits per heavy atom. The zero-order chi connectivity index (χ0) is 22.0. The van der Waals surface area contributed by atoms with Crippen LogP contribution in [0.5, 0.6) is 11.5 Å². The minimum absolute atomic E-state index is 0.0331. The highest BCUT2D eigenvalue weighted by atomic mass is 16.5. The minimum Gasteiger partial charge on any atom is -0.493 e. The van der Waals surface area contributed by atoms with Gasteiger partial charge in [0.2, 0.25) is 5.95 Å². The summed E-state index contributed by atoms with van der Waals surface area (Å²) < 4.78 is 10.8. The number of hydrogen-bond donors (Lipinski definition) is 1. The van der Waals surface area contributed by atoms with Crippen LogP contribution in [-0.4, -0.2) is 30.0 Å². The van der Waals surface area contributed by atoms with Crippen LogP contribution in [0.2, 0.25) is 0 Å². The normalized spacial score (nSPS) is 15.4. The monoisotopic (exact) mass is 417 g/mol. The van der Waals surface area contributed by atoms with E-state index < -0.39 is 0 Å². The molecule has 1 atom stereocenters. The molecule has 1 aliphatic carbocycles. The number of carbonyl (C=O) groups excluding carboxylic acids is 1. The first-order valence-electron chi connectivity index (χ1n) is 10.5. The van der Waals surface area contributed by atoms with Crippen LogP contribution in [-0.2, 0) is 12.8 Å². The summed E-state index contributed by atoms with van der Waals surface area (Å²) in [5.41, 5.74) is 5.40. The van der Waals surface area contributed by atoms with Gasteiger partial charge in [-0.25, -0.2) is 9.97 Å². The molecule has 6 heteroatoms. The minimum atomic E-state index is 0.0331. The summed E-state index contributed by atoms with van der Waals surface area (Å²) in [6, 6.07) is 14.0. The number of rotatable bonds is 6. The molecule has 6 nitrogen and oxygen atoms in total. The summed E-state index contributed by atoms with van der Waals surface area (Å²) in [6.45, 7) is 4.00. The molecule has 0 saturated heterocycles. The molecule has 1 heterocycles. The van der Waals surface area contributed by atoms with Gasteiger partial charge in [-0.2, -0.15) is 0 Å². The van der Waals surface area contributed by atoms with E-state index in [2.05, 4.69) is 29.4 Å². The third-order valence-electron chi connectivity index (χ3n) is 5.81. The Balaban J connectivity index is 1.63. The van der Waals surface area contributed by atoms with Crippen molar-refractivity contribution in [1.29, 1.82) is 0 Å². The molecule has 3 aromatic rings. The first-order valence-corrected chi connectivity index (χ1v) is 10.5. The van der Waals surface area contributed by atoms with E-state index in [1.54, 1.807) is 14.2 Å². The van der Waals surface area contributed by atoms with Crippen molar-refractivity contribution in [2.75, 3.05) is 19.5 Å². The van der Waals surface area contributed by atoms with Gasteiger partial charge < -0.3 is 14.8 Å². The number of anilines is 2. The smallest absolute Gasteiger partial charge is 0.227 e. The van der Waals surface area contributed by atoms with Crippen molar-refractivity contribution in [1.82, 2.24) is 9.97 Å². The van der Waals surface area contributed by atoms with Crippen LogP contribution in [0, 0.1) is 6.92 Å². The zero-order valence-electron chi connectivity index (χ0n) is 18.4. The summed E-state index contributed by atoms with van der Waals surface area (Å²) in [5, 5.41) is 3.28. The molecule has 0 fully saturated rings. The van der Waals surface area contributed by atoms with Gasteiger partial charge in [-0.3, -0.25) is 4.79 Å². The summed E-state index contributed by atoms with van der Waals surface area (Å²) >= 11 is 0. The zero-order valence-corrected chi connectivity index (χ0v) is 18.4. The van der Waals surface area contributed by atoms with E-state index in [4.69, 9.17) is 14.5 Å². The second kappa shape index (κ2) is 8.76. The number of Topliss-reactive ketones (excluding diaryl/α,β-unsaturated/α-hetero) is 1. The predicted octanol–water partition coefficient (Wildman–Crippen LogP) is 5.02. The number of carbonyl (C=O) groups is 1. The number of hydrogen-bond acceptors (Lipinski definition) is 6. The van der Waals surface area contributed by atoms with Gasteiger partial charge in [0.05, 0.1) is 31.2 Å². The predicted molar refractivity (Wildman–Crippen MR) is 121 cm³/mol. The largest absolute Gasteiger partial charge is 0.493 e. The summed E-state index contributed by atoms with van der Waals surface area (Å²) in [6.07, 6.45) is 2.09. The van der Waals surface area contributed by atoms with E-state index in [1.165, 1.54) is 5.56 Å². The number of aromatic nitrogens is 2. The summed E-state index contributed by atoms with van der Waals surface area (Å²) in [5.74, 6) is 1.96. The molecule has 0 spiro atoms. The Labute approximate surface area is 182 Å². The van der Waals surface area contributed by atoms with Crippen LogP contribution in [0.1, 0.15) is 52.1 Å². The Hall–Kier alpha value is -3.41. The molecule has 0 amide bonds. The molecular formula is C25H27N3O3. The quantitative estimate of drug-likeness (QED) is 0.607. The number of nitrogens with zero attached hydrogens (tertiary/aromatic N) is 2. The first-order chi connectivity index (χ1) is 15.0. The molecule has 2 aromatic carbocycles. The lowest BCUT2D eigenvalue weighted by molar-refractivity contribution is 0.0962. The lowest BCUT2D eigenvalue weighted by Gasteiger charge is -2.25. The molecule has 1 aliphatic rings. The van der Waals surface area contributed by atoms with Crippen LogP contribution in [0.25, 0.3) is 0 Å². The number of aryl methyl sites for hydroxylation is 2. The maximum absolute atomic E-state index is 13.0. The van der Waals surface area contributed by atoms with Gasteiger partial charge in [0, 0.05) is 12.1 Å². The van der Waals surface area contributed by atoms with Gasteiger partial charge in [0.15, 0.2) is 17.3 Å². The standard InChI is InChI=1S/C25H27N3O3/c1-5-16-6-9-19(10-7-16)27-25-26-15(2)24-20(28-25)12-18(13-21(24)29)17-8-11-22(30-3)23(14-17)31-4/h6-11,14,18H,5,12-13H2,1-4H3,(H,26,27,28)/t18-/m1/s1. The summed E-state index contributed by atoms with van der Waals surface area (Å²) in [7, 11) is 3.23. The number of fused-ring (bicyclic) bond motifs is 1. The Kier molecular flexibility index (Phi) is 5.89. The topological polar surface area (TPSA) is 73.3 Å². The average Bonchev–Trinajstić information content (AvgIpc) is 2.78. The lowest BCUT2D eigenvalue weighted by atomic mass is 9.81. The molecule has 0 saturated carbocycles. The molecule has 0 aliphatic heterocycles. The van der Waals surface area contributed by atoms with E-state index in [-0.39, 0.29) is 11.7 Å². The average molecular weight is 418 g/mol. The van der Waals surface area contributed by atoms with Crippen molar-refractivity contribution in [3.05, 3.63) is 70.5 Å². The van der Waals surface area contributed by atoms with E-state index in [9.17, 15) is 4.79 Å². The summed E-state index contributed by atoms with van der Waals surface area (Å²) in [4.78, 5) is 22.2. The van der Waals surface area contributed by atoms with Crippen molar-refractivity contribution in [3.8, 4) is 11.5 Å². The first kappa shape index (κ1) is 20.8. The maximum atomic E-state index is 13.0. The number of nitrogens with one attached hydrogen (secondary N) is 1. The number of ketones is 1. The van der Waals surface area contributed by atoms with Crippen molar-refractivity contribution >= 4 is 17.4 Å². The van der Waals surface area contributed by atoms with Crippen LogP contribution < -0.4 is 14.8 Å². The van der Waals surface area contributed by atoms with Crippen molar-refractivity contribution in [3.63, 3.8) is 0 Å². The van der Waals surface area contributed by atoms with E-state index >= 15 is 0 Å². The van der Waals surface area contributed by atoms with Crippen LogP contribution in [0.3, 0.4) is 0 Å². The molecule has 0 unspecified atom stereocenters. The van der Waals surface area contributed by atoms with Crippen LogP contribution in [0.4, 0.5) is 11.6 Å². The molecule has 1 aromatic heterocycles. The Bertz CT molecular complexity index is 1110. The Morgan fingerprint density at radius 3 is 2.42 bits per heavy atom. The fraction of sp³-hybridized carbons (Fsp3) is 0.320. The molecule has 0 bridgehead atoms. The fourth-order valence-corrected chi connectivity index (χ4v) is 4.13. The van der Waals surface area contributed by atoms with Gasteiger partial charge in [0.1, 0.15) is 0 Å². The maximum Gasteiger partial charge on any atom is 0.227 e. The number of ether oxygens (including phenoxy) is 2. The van der Waals surface area contributed by atoms with Crippen molar-refractivity contribution in [2.24, 2.45) is 0 Å². The molecule has 160 valence electrons. The molecule has 4 rings (SSSR count). The molecule has 1 N–H and O–H groups in total. The van der Waals surface area contributed by atoms with Crippen molar-refractivity contribution < 1.29 is 14.3 Å². The third kappa shape index (κ3) is 4.24. The van der Waals surface area contributed by atoms with Crippen LogP contribution >= 0.6 is 0 Å². The fourth-order valence-electron chi connectivity index (χ4n) is 4.13.